The van der Waals surface area contributed by atoms with Gasteiger partial charge in [0.2, 0.25) is 0 Å². The van der Waals surface area contributed by atoms with Gasteiger partial charge >= 0.3 is 0 Å². The molecule has 0 aromatic heterocycles. The molecule has 5 heteroatoms. The van der Waals surface area contributed by atoms with E-state index in [0.29, 0.717) is 0 Å². The van der Waals surface area contributed by atoms with Crippen LogP contribution in [-0.2, 0) is 6.42 Å². The van der Waals surface area contributed by atoms with Gasteiger partial charge in [-0.1, -0.05) is 36.4 Å². The third-order valence-electron chi connectivity index (χ3n) is 3.57. The first-order valence-electron chi connectivity index (χ1n) is 6.25. The largest absolute Gasteiger partial charge is 0.356 e. The van der Waals surface area contributed by atoms with Gasteiger partial charge in [0.1, 0.15) is 11.4 Å². The Morgan fingerprint density at radius 2 is 1.25 bits per heavy atom. The zero-order valence-electron chi connectivity index (χ0n) is 11.4. The fraction of sp³-hybridized carbons (Fsp3) is 0.200. The molecule has 0 amide bonds. The maximum Gasteiger partial charge on any atom is 0.141 e. The molecule has 0 saturated carbocycles. The van der Waals surface area contributed by atoms with Crippen molar-refractivity contribution < 1.29 is 5.09 Å². The Labute approximate surface area is 117 Å². The van der Waals surface area contributed by atoms with Gasteiger partial charge in [0.05, 0.1) is 19.2 Å². The summed E-state index contributed by atoms with van der Waals surface area (Å²) in [6, 6.07) is 17.5. The highest BCUT2D eigenvalue weighted by Crippen LogP contribution is 2.41. The number of rotatable bonds is 0. The zero-order valence-corrected chi connectivity index (χ0v) is 11.4. The van der Waals surface area contributed by atoms with E-state index in [1.54, 1.807) is 0 Å². The van der Waals surface area contributed by atoms with Crippen molar-refractivity contribution in [1.82, 2.24) is 4.48 Å². The lowest BCUT2D eigenvalue weighted by molar-refractivity contribution is -0.402. The van der Waals surface area contributed by atoms with Crippen molar-refractivity contribution >= 4 is 11.4 Å². The topological polar surface area (TPSA) is 66.2 Å². The minimum atomic E-state index is -1.75. The Hall–Kier alpha value is -2.40. The van der Waals surface area contributed by atoms with Crippen LogP contribution in [0.4, 0.5) is 11.4 Å². The van der Waals surface area contributed by atoms with Gasteiger partial charge in [-0.25, -0.2) is 0 Å². The molecule has 0 atom stereocenters. The summed E-state index contributed by atoms with van der Waals surface area (Å²) in [4.78, 5) is 8.25. The first-order valence-corrected chi connectivity index (χ1v) is 6.25. The third-order valence-corrected chi connectivity index (χ3v) is 3.57. The Morgan fingerprint density at radius 1 is 0.900 bits per heavy atom. The number of hydrogen-bond acceptors (Lipinski definition) is 3. The summed E-state index contributed by atoms with van der Waals surface area (Å²) in [5.74, 6) is 0. The van der Waals surface area contributed by atoms with E-state index in [9.17, 15) is 0 Å². The lowest BCUT2D eigenvalue weighted by Crippen LogP contribution is -2.38. The molecule has 20 heavy (non-hydrogen) atoms. The predicted molar refractivity (Wildman–Crippen MR) is 79.4 cm³/mol. The van der Waals surface area contributed by atoms with Crippen LogP contribution >= 0.6 is 0 Å². The highest BCUT2D eigenvalue weighted by molar-refractivity contribution is 5.69. The van der Waals surface area contributed by atoms with Crippen LogP contribution in [0.25, 0.3) is 0 Å². The Kier molecular flexibility index (Phi) is 3.72. The van der Waals surface area contributed by atoms with Crippen LogP contribution in [0.5, 0.6) is 0 Å². The van der Waals surface area contributed by atoms with E-state index in [4.69, 9.17) is 15.3 Å². The van der Waals surface area contributed by atoms with Crippen LogP contribution in [0, 0.1) is 15.3 Å². The predicted octanol–water partition coefficient (Wildman–Crippen LogP) is 3.25. The zero-order chi connectivity index (χ0) is 14.8. The van der Waals surface area contributed by atoms with Crippen LogP contribution in [0.3, 0.4) is 0 Å². The molecule has 0 fully saturated rings. The van der Waals surface area contributed by atoms with E-state index in [-0.39, 0.29) is 0 Å². The molecular formula is C15H16N2O3. The molecule has 0 N–H and O–H groups in total. The first kappa shape index (κ1) is 14.0. The molecule has 2 aromatic carbocycles. The maximum atomic E-state index is 8.25. The summed E-state index contributed by atoms with van der Waals surface area (Å²) >= 11 is 0. The van der Waals surface area contributed by atoms with Crippen molar-refractivity contribution in [1.29, 1.82) is 0 Å². The van der Waals surface area contributed by atoms with E-state index in [2.05, 4.69) is 62.6 Å². The van der Waals surface area contributed by atoms with Crippen LogP contribution in [0.1, 0.15) is 11.1 Å². The number of hydrogen-bond donors (Lipinski definition) is 0. The molecule has 0 unspecified atom stereocenters. The summed E-state index contributed by atoms with van der Waals surface area (Å²) in [6.45, 7) is 0. The van der Waals surface area contributed by atoms with Gasteiger partial charge in [-0.3, -0.25) is 4.48 Å². The van der Waals surface area contributed by atoms with Gasteiger partial charge in [0, 0.05) is 17.5 Å². The molecule has 5 nitrogen and oxygen atoms in total. The molecule has 1 heterocycles. The Morgan fingerprint density at radius 3 is 1.65 bits per heavy atom. The average molecular weight is 272 g/mol. The third kappa shape index (κ3) is 2.62. The maximum absolute atomic E-state index is 8.25. The Bertz CT molecular complexity index is 587. The summed E-state index contributed by atoms with van der Waals surface area (Å²) < 4.78 is 0.854. The molecule has 0 saturated heterocycles. The van der Waals surface area contributed by atoms with Gasteiger partial charge in [-0.05, 0) is 12.1 Å². The minimum Gasteiger partial charge on any atom is -0.356 e. The van der Waals surface area contributed by atoms with E-state index >= 15 is 0 Å². The van der Waals surface area contributed by atoms with Crippen LogP contribution in [0.15, 0.2) is 48.5 Å². The standard InChI is InChI=1S/C15H16N.NO3/c1-16(2)14-9-5-3-7-12(14)11-13-8-4-6-10-15(13)16;2-1(3)4/h3-10H,11H2,1-2H3;/q+1;-1. The van der Waals surface area contributed by atoms with Crippen molar-refractivity contribution in [3.05, 3.63) is 75.0 Å². The number of fused-ring (bicyclic) bond motifs is 2. The fourth-order valence-electron chi connectivity index (χ4n) is 2.75. The summed E-state index contributed by atoms with van der Waals surface area (Å²) in [5.41, 5.74) is 5.74. The van der Waals surface area contributed by atoms with Gasteiger partial charge in [0.15, 0.2) is 0 Å². The molecule has 1 aliphatic heterocycles. The second-order valence-corrected chi connectivity index (χ2v) is 5.11. The van der Waals surface area contributed by atoms with E-state index in [1.807, 2.05) is 0 Å². The van der Waals surface area contributed by atoms with E-state index in [0.717, 1.165) is 10.9 Å². The lowest BCUT2D eigenvalue weighted by Gasteiger charge is -2.35. The van der Waals surface area contributed by atoms with Crippen molar-refractivity contribution in [2.24, 2.45) is 0 Å². The van der Waals surface area contributed by atoms with Crippen molar-refractivity contribution in [3.63, 3.8) is 0 Å². The van der Waals surface area contributed by atoms with Crippen molar-refractivity contribution in [2.75, 3.05) is 14.1 Å². The molecule has 0 spiro atoms. The molecule has 1 aliphatic rings. The second kappa shape index (κ2) is 5.30. The van der Waals surface area contributed by atoms with Crippen LogP contribution < -0.4 is 4.48 Å². The molecular weight excluding hydrogens is 256 g/mol. The second-order valence-electron chi connectivity index (χ2n) is 5.11. The quantitative estimate of drug-likeness (QED) is 0.420. The van der Waals surface area contributed by atoms with Crippen molar-refractivity contribution in [2.45, 2.75) is 6.42 Å². The molecule has 3 rings (SSSR count). The normalized spacial score (nSPS) is 14.3. The fourth-order valence-corrected chi connectivity index (χ4v) is 2.75. The summed E-state index contributed by atoms with van der Waals surface area (Å²) in [7, 11) is 4.52. The number of nitrogens with zero attached hydrogens (tertiary/aromatic N) is 2. The SMILES string of the molecule is C[N+]1(C)c2ccccc2Cc2ccccc21.O=[N+]([O-])[O-]. The molecule has 2 aromatic rings. The highest BCUT2D eigenvalue weighted by Gasteiger charge is 2.32. The first-order chi connectivity index (χ1) is 9.43. The summed E-state index contributed by atoms with van der Waals surface area (Å²) in [5, 5.41) is 14.8. The number of quaternary nitrogens is 1. The van der Waals surface area contributed by atoms with Gasteiger partial charge in [0.25, 0.3) is 0 Å². The van der Waals surface area contributed by atoms with E-state index in [1.165, 1.54) is 22.5 Å². The highest BCUT2D eigenvalue weighted by atomic mass is 16.9. The van der Waals surface area contributed by atoms with Crippen LogP contribution in [0.2, 0.25) is 0 Å². The number of para-hydroxylation sites is 2. The Balaban J connectivity index is 0.000000328. The van der Waals surface area contributed by atoms with Crippen molar-refractivity contribution in [3.8, 4) is 0 Å². The van der Waals surface area contributed by atoms with Gasteiger partial charge < -0.3 is 15.3 Å². The number of benzene rings is 2. The molecule has 0 radical (unpaired) electrons. The molecule has 0 bridgehead atoms. The molecule has 104 valence electrons. The van der Waals surface area contributed by atoms with Gasteiger partial charge in [-0.15, -0.1) is 0 Å². The van der Waals surface area contributed by atoms with Gasteiger partial charge in [-0.2, -0.15) is 0 Å². The minimum absolute atomic E-state index is 0.854. The summed E-state index contributed by atoms with van der Waals surface area (Å²) in [6.07, 6.45) is 1.06. The smallest absolute Gasteiger partial charge is 0.141 e. The molecule has 0 aliphatic carbocycles. The van der Waals surface area contributed by atoms with Crippen LogP contribution in [-0.4, -0.2) is 19.2 Å². The average Bonchev–Trinajstić information content (AvgIpc) is 2.38. The lowest BCUT2D eigenvalue weighted by atomic mass is 9.94. The van der Waals surface area contributed by atoms with E-state index < -0.39 is 5.09 Å². The monoisotopic (exact) mass is 272 g/mol.